The second kappa shape index (κ2) is 11.3. The van der Waals surface area contributed by atoms with Crippen molar-refractivity contribution in [2.24, 2.45) is 0 Å². The van der Waals surface area contributed by atoms with Gasteiger partial charge in [-0.15, -0.1) is 0 Å². The van der Waals surface area contributed by atoms with Gasteiger partial charge in [-0.3, -0.25) is 13.9 Å². The van der Waals surface area contributed by atoms with E-state index in [0.717, 1.165) is 10.6 Å². The molecule has 0 aromatic heterocycles. The molecule has 1 N–H and O–H groups in total. The van der Waals surface area contributed by atoms with Gasteiger partial charge in [0.2, 0.25) is 21.8 Å². The normalized spacial score (nSPS) is 12.2. The predicted octanol–water partition coefficient (Wildman–Crippen LogP) is 3.19. The molecule has 0 bridgehead atoms. The predicted molar refractivity (Wildman–Crippen MR) is 123 cm³/mol. The molecule has 174 valence electrons. The molecule has 0 heterocycles. The van der Waals surface area contributed by atoms with E-state index in [9.17, 15) is 22.4 Å². The molecule has 0 aliphatic heterocycles. The third-order valence-electron chi connectivity index (χ3n) is 4.79. The maximum absolute atomic E-state index is 14.3. The number of nitrogens with zero attached hydrogens (tertiary/aromatic N) is 2. The molecular weight excluding hydrogens is 457 g/mol. The molecule has 0 unspecified atom stereocenters. The lowest BCUT2D eigenvalue weighted by atomic mass is 10.1. The molecular formula is C22H27ClFN3O4S. The third kappa shape index (κ3) is 6.93. The van der Waals surface area contributed by atoms with Crippen molar-refractivity contribution in [3.05, 3.63) is 64.9 Å². The van der Waals surface area contributed by atoms with Crippen molar-refractivity contribution in [1.29, 1.82) is 0 Å². The van der Waals surface area contributed by atoms with Crippen LogP contribution in [-0.4, -0.2) is 50.5 Å². The Bertz CT molecular complexity index is 1060. The number of rotatable bonds is 10. The van der Waals surface area contributed by atoms with Crippen molar-refractivity contribution in [2.75, 3.05) is 23.7 Å². The average molecular weight is 484 g/mol. The lowest BCUT2D eigenvalue weighted by molar-refractivity contribution is -0.139. The Morgan fingerprint density at radius 2 is 1.84 bits per heavy atom. The summed E-state index contributed by atoms with van der Waals surface area (Å²) < 4.78 is 40.1. The second-order valence-electron chi connectivity index (χ2n) is 7.33. The van der Waals surface area contributed by atoms with Gasteiger partial charge < -0.3 is 10.2 Å². The lowest BCUT2D eigenvalue weighted by Crippen LogP contribution is -2.51. The molecule has 32 heavy (non-hydrogen) atoms. The molecule has 0 spiro atoms. The van der Waals surface area contributed by atoms with Crippen molar-refractivity contribution in [2.45, 2.75) is 32.9 Å². The van der Waals surface area contributed by atoms with Crippen molar-refractivity contribution < 1.29 is 22.4 Å². The van der Waals surface area contributed by atoms with Gasteiger partial charge in [-0.2, -0.15) is 0 Å². The van der Waals surface area contributed by atoms with Crippen LogP contribution in [0.15, 0.2) is 48.5 Å². The summed E-state index contributed by atoms with van der Waals surface area (Å²) in [5.74, 6) is -1.59. The standard InChI is InChI=1S/C22H27ClFN3O4S/c1-4-12-25-22(29)16(2)26(14-17-8-5-6-11-20(17)24)21(28)15-27(32(3,30)31)19-10-7-9-18(23)13-19/h5-11,13,16H,4,12,14-15H2,1-3H3,(H,25,29)/t16-/m1/s1. The molecule has 0 radical (unpaired) electrons. The molecule has 2 aromatic rings. The molecule has 0 aliphatic rings. The zero-order valence-corrected chi connectivity index (χ0v) is 19.8. The Morgan fingerprint density at radius 3 is 2.44 bits per heavy atom. The second-order valence-corrected chi connectivity index (χ2v) is 9.67. The first-order valence-corrected chi connectivity index (χ1v) is 12.3. The monoisotopic (exact) mass is 483 g/mol. The van der Waals surface area contributed by atoms with Gasteiger partial charge in [-0.25, -0.2) is 12.8 Å². The Morgan fingerprint density at radius 1 is 1.16 bits per heavy atom. The van der Waals surface area contributed by atoms with Crippen LogP contribution in [0.4, 0.5) is 10.1 Å². The minimum absolute atomic E-state index is 0.195. The smallest absolute Gasteiger partial charge is 0.244 e. The summed E-state index contributed by atoms with van der Waals surface area (Å²) in [6, 6.07) is 11.1. The Labute approximate surface area is 193 Å². The van der Waals surface area contributed by atoms with Gasteiger partial charge in [-0.05, 0) is 37.6 Å². The van der Waals surface area contributed by atoms with E-state index < -0.39 is 40.2 Å². The summed E-state index contributed by atoms with van der Waals surface area (Å²) >= 11 is 5.99. The number of carbonyl (C=O) groups excluding carboxylic acids is 2. The zero-order chi connectivity index (χ0) is 23.9. The molecule has 0 saturated heterocycles. The Balaban J connectivity index is 2.38. The molecule has 2 aromatic carbocycles. The van der Waals surface area contributed by atoms with Crippen LogP contribution in [0.5, 0.6) is 0 Å². The fourth-order valence-electron chi connectivity index (χ4n) is 3.03. The van der Waals surface area contributed by atoms with Gasteiger partial charge in [0.05, 0.1) is 11.9 Å². The SMILES string of the molecule is CCCNC(=O)[C@@H](C)N(Cc1ccccc1F)C(=O)CN(c1cccc(Cl)c1)S(C)(=O)=O. The number of halogens is 2. The number of anilines is 1. The van der Waals surface area contributed by atoms with Gasteiger partial charge in [0, 0.05) is 23.7 Å². The topological polar surface area (TPSA) is 86.8 Å². The fraction of sp³-hybridized carbons (Fsp3) is 0.364. The highest BCUT2D eigenvalue weighted by Crippen LogP contribution is 2.22. The molecule has 1 atom stereocenters. The highest BCUT2D eigenvalue weighted by Gasteiger charge is 2.30. The van der Waals surface area contributed by atoms with Crippen LogP contribution in [0.2, 0.25) is 5.02 Å². The molecule has 10 heteroatoms. The minimum Gasteiger partial charge on any atom is -0.354 e. The third-order valence-corrected chi connectivity index (χ3v) is 6.17. The highest BCUT2D eigenvalue weighted by atomic mass is 35.5. The van der Waals surface area contributed by atoms with E-state index in [1.807, 2.05) is 6.92 Å². The maximum atomic E-state index is 14.3. The van der Waals surface area contributed by atoms with Crippen molar-refractivity contribution in [3.63, 3.8) is 0 Å². The van der Waals surface area contributed by atoms with Crippen molar-refractivity contribution in [3.8, 4) is 0 Å². The molecule has 0 fully saturated rings. The summed E-state index contributed by atoms with van der Waals surface area (Å²) in [5, 5.41) is 3.02. The first-order valence-electron chi connectivity index (χ1n) is 10.1. The highest BCUT2D eigenvalue weighted by molar-refractivity contribution is 7.92. The molecule has 2 rings (SSSR count). The summed E-state index contributed by atoms with van der Waals surface area (Å²) in [6.07, 6.45) is 1.68. The van der Waals surface area contributed by atoms with Crippen LogP contribution < -0.4 is 9.62 Å². The summed E-state index contributed by atoms with van der Waals surface area (Å²) in [6.45, 7) is 3.07. The van der Waals surface area contributed by atoms with Gasteiger partial charge in [-0.1, -0.05) is 42.8 Å². The van der Waals surface area contributed by atoms with Crippen LogP contribution in [0.3, 0.4) is 0 Å². The van der Waals surface area contributed by atoms with Gasteiger partial charge in [0.25, 0.3) is 0 Å². The number of hydrogen-bond acceptors (Lipinski definition) is 4. The lowest BCUT2D eigenvalue weighted by Gasteiger charge is -2.31. The average Bonchev–Trinajstić information content (AvgIpc) is 2.73. The number of nitrogens with one attached hydrogen (secondary N) is 1. The first kappa shape index (κ1) is 25.6. The number of amides is 2. The Kier molecular flexibility index (Phi) is 9.03. The van der Waals surface area contributed by atoms with Crippen molar-refractivity contribution in [1.82, 2.24) is 10.2 Å². The van der Waals surface area contributed by atoms with Crippen LogP contribution in [-0.2, 0) is 26.2 Å². The summed E-state index contributed by atoms with van der Waals surface area (Å²) in [5.41, 5.74) is 0.423. The van der Waals surface area contributed by atoms with Gasteiger partial charge in [0.1, 0.15) is 18.4 Å². The number of benzene rings is 2. The molecule has 2 amide bonds. The molecule has 0 saturated carbocycles. The molecule has 7 nitrogen and oxygen atoms in total. The summed E-state index contributed by atoms with van der Waals surface area (Å²) in [7, 11) is -3.85. The molecule has 0 aliphatic carbocycles. The van der Waals surface area contributed by atoms with E-state index in [4.69, 9.17) is 11.6 Å². The quantitative estimate of drug-likeness (QED) is 0.562. The van der Waals surface area contributed by atoms with Crippen molar-refractivity contribution >= 4 is 39.1 Å². The number of carbonyl (C=O) groups is 2. The van der Waals surface area contributed by atoms with Crippen LogP contribution in [0.25, 0.3) is 0 Å². The van der Waals surface area contributed by atoms with Crippen LogP contribution >= 0.6 is 11.6 Å². The van der Waals surface area contributed by atoms with E-state index in [1.54, 1.807) is 18.2 Å². The van der Waals surface area contributed by atoms with Gasteiger partial charge in [0.15, 0.2) is 0 Å². The maximum Gasteiger partial charge on any atom is 0.244 e. The van der Waals surface area contributed by atoms with Gasteiger partial charge >= 0.3 is 0 Å². The van der Waals surface area contributed by atoms with E-state index in [2.05, 4.69) is 5.32 Å². The first-order chi connectivity index (χ1) is 15.0. The van der Waals surface area contributed by atoms with E-state index in [0.29, 0.717) is 18.0 Å². The minimum atomic E-state index is -3.85. The largest absolute Gasteiger partial charge is 0.354 e. The summed E-state index contributed by atoms with van der Waals surface area (Å²) in [4.78, 5) is 27.0. The zero-order valence-electron chi connectivity index (χ0n) is 18.2. The fourth-order valence-corrected chi connectivity index (χ4v) is 4.06. The number of sulfonamides is 1. The number of hydrogen-bond donors (Lipinski definition) is 1. The van der Waals surface area contributed by atoms with Crippen LogP contribution in [0.1, 0.15) is 25.8 Å². The van der Waals surface area contributed by atoms with E-state index >= 15 is 0 Å². The Hall–Kier alpha value is -2.65. The van der Waals surface area contributed by atoms with E-state index in [-0.39, 0.29) is 17.8 Å². The van der Waals surface area contributed by atoms with E-state index in [1.165, 1.54) is 42.2 Å². The van der Waals surface area contributed by atoms with Crippen LogP contribution in [0, 0.1) is 5.82 Å².